The Morgan fingerprint density at radius 3 is 2.88 bits per heavy atom. The molecule has 0 saturated carbocycles. The van der Waals surface area contributed by atoms with Crippen LogP contribution in [0.25, 0.3) is 10.9 Å². The number of rotatable bonds is 6. The molecule has 0 atom stereocenters. The highest BCUT2D eigenvalue weighted by molar-refractivity contribution is 7.09. The zero-order valence-corrected chi connectivity index (χ0v) is 14.9. The van der Waals surface area contributed by atoms with Crippen LogP contribution in [0, 0.1) is 6.92 Å². The van der Waals surface area contributed by atoms with Gasteiger partial charge in [-0.05, 0) is 30.0 Å². The Labute approximate surface area is 153 Å². The molecule has 0 radical (unpaired) electrons. The molecule has 0 unspecified atom stereocenters. The van der Waals surface area contributed by atoms with Crippen molar-refractivity contribution in [3.05, 3.63) is 62.8 Å². The highest BCUT2D eigenvalue weighted by Crippen LogP contribution is 2.11. The third-order valence-corrected chi connectivity index (χ3v) is 4.64. The van der Waals surface area contributed by atoms with Gasteiger partial charge in [-0.2, -0.15) is 0 Å². The highest BCUT2D eigenvalue weighted by atomic mass is 32.1. The second kappa shape index (κ2) is 7.92. The van der Waals surface area contributed by atoms with E-state index in [4.69, 9.17) is 4.74 Å². The van der Waals surface area contributed by atoms with Gasteiger partial charge in [-0.3, -0.25) is 19.0 Å². The molecule has 1 amide bonds. The number of fused-ring (bicyclic) bond motifs is 1. The molecule has 134 valence electrons. The third-order valence-electron chi connectivity index (χ3n) is 3.76. The Balaban J connectivity index is 1.56. The number of esters is 1. The molecule has 1 aromatic carbocycles. The van der Waals surface area contributed by atoms with E-state index in [1.165, 1.54) is 22.2 Å². The number of carbonyl (C=O) groups is 2. The Hall–Kier alpha value is -3.00. The minimum Gasteiger partial charge on any atom is -0.454 e. The predicted octanol–water partition coefficient (Wildman–Crippen LogP) is 1.63. The summed E-state index contributed by atoms with van der Waals surface area (Å²) in [6.45, 7) is 1.57. The van der Waals surface area contributed by atoms with Crippen molar-refractivity contribution < 1.29 is 14.3 Å². The number of hydrogen-bond donors (Lipinski definition) is 1. The van der Waals surface area contributed by atoms with Crippen molar-refractivity contribution in [3.63, 3.8) is 0 Å². The normalized spacial score (nSPS) is 10.7. The number of nitrogens with one attached hydrogen (secondary N) is 1. The summed E-state index contributed by atoms with van der Waals surface area (Å²) in [6.07, 6.45) is 1.32. The quantitative estimate of drug-likeness (QED) is 0.665. The molecule has 3 rings (SSSR count). The van der Waals surface area contributed by atoms with Gasteiger partial charge in [0.25, 0.3) is 11.5 Å². The average molecular weight is 371 g/mol. The van der Waals surface area contributed by atoms with Crippen LogP contribution in [0.2, 0.25) is 0 Å². The van der Waals surface area contributed by atoms with Crippen LogP contribution < -0.4 is 10.9 Å². The maximum atomic E-state index is 12.4. The number of para-hydroxylation sites is 1. The molecule has 7 nitrogen and oxygen atoms in total. The Morgan fingerprint density at radius 2 is 2.12 bits per heavy atom. The number of carbonyl (C=O) groups excluding carboxylic acids is 2. The lowest BCUT2D eigenvalue weighted by atomic mass is 10.1. The molecule has 0 aliphatic heterocycles. The number of hydrogen-bond acceptors (Lipinski definition) is 6. The van der Waals surface area contributed by atoms with Crippen molar-refractivity contribution >= 4 is 34.1 Å². The van der Waals surface area contributed by atoms with Gasteiger partial charge in [0.15, 0.2) is 6.61 Å². The number of benzene rings is 1. The molecule has 8 heteroatoms. The van der Waals surface area contributed by atoms with Gasteiger partial charge in [0.05, 0.1) is 23.8 Å². The Kier molecular flexibility index (Phi) is 5.43. The largest absolute Gasteiger partial charge is 0.454 e. The topological polar surface area (TPSA) is 90.3 Å². The van der Waals surface area contributed by atoms with E-state index in [-0.39, 0.29) is 18.7 Å². The monoisotopic (exact) mass is 371 g/mol. The second-order valence-corrected chi connectivity index (χ2v) is 6.70. The second-order valence-electron chi connectivity index (χ2n) is 5.67. The van der Waals surface area contributed by atoms with Crippen LogP contribution >= 0.6 is 11.3 Å². The highest BCUT2D eigenvalue weighted by Gasteiger charge is 2.12. The van der Waals surface area contributed by atoms with Crippen molar-refractivity contribution in [2.24, 2.45) is 0 Å². The maximum absolute atomic E-state index is 12.4. The summed E-state index contributed by atoms with van der Waals surface area (Å²) >= 11 is 1.53. The number of amides is 1. The molecule has 26 heavy (non-hydrogen) atoms. The number of aromatic nitrogens is 2. The molecular formula is C18H17N3O4S. The summed E-state index contributed by atoms with van der Waals surface area (Å²) in [7, 11) is 0. The molecule has 0 aliphatic carbocycles. The lowest BCUT2D eigenvalue weighted by Gasteiger charge is -2.08. The van der Waals surface area contributed by atoms with Gasteiger partial charge in [-0.1, -0.05) is 18.2 Å². The summed E-state index contributed by atoms with van der Waals surface area (Å²) < 4.78 is 6.11. The van der Waals surface area contributed by atoms with Crippen LogP contribution in [0.5, 0.6) is 0 Å². The van der Waals surface area contributed by atoms with E-state index in [2.05, 4.69) is 10.3 Å². The fraction of sp³-hybridized carbons (Fsp3) is 0.222. The van der Waals surface area contributed by atoms with Gasteiger partial charge in [-0.25, -0.2) is 4.98 Å². The first-order chi connectivity index (χ1) is 12.5. The molecule has 0 fully saturated rings. The predicted molar refractivity (Wildman–Crippen MR) is 97.9 cm³/mol. The van der Waals surface area contributed by atoms with Gasteiger partial charge in [0.2, 0.25) is 0 Å². The summed E-state index contributed by atoms with van der Waals surface area (Å²) in [5.74, 6) is -1.07. The molecule has 1 N–H and O–H groups in total. The minimum absolute atomic E-state index is 0.298. The van der Waals surface area contributed by atoms with Crippen molar-refractivity contribution in [1.82, 2.24) is 14.9 Å². The zero-order chi connectivity index (χ0) is 18.5. The minimum atomic E-state index is -0.674. The van der Waals surface area contributed by atoms with Gasteiger partial charge in [0, 0.05) is 4.88 Å². The molecule has 3 aromatic rings. The van der Waals surface area contributed by atoms with Crippen molar-refractivity contribution in [2.45, 2.75) is 20.0 Å². The van der Waals surface area contributed by atoms with Crippen LogP contribution in [0.4, 0.5) is 0 Å². The first kappa shape index (κ1) is 17.8. The Morgan fingerprint density at radius 1 is 1.27 bits per heavy atom. The number of aryl methyl sites for hydroxylation is 1. The standard InChI is InChI=1S/C18H17N3O4S/c1-12-4-2-6-14-17(12)20-11-21(18(14)24)9-16(23)25-10-15(22)19-8-13-5-3-7-26-13/h2-7,11H,8-10H2,1H3,(H,19,22). The first-order valence-electron chi connectivity index (χ1n) is 7.94. The van der Waals surface area contributed by atoms with Crippen LogP contribution in [-0.2, 0) is 27.4 Å². The SMILES string of the molecule is Cc1cccc2c(=O)n(CC(=O)OCC(=O)NCc3cccs3)cnc12. The van der Waals surface area contributed by atoms with Crippen LogP contribution in [0.1, 0.15) is 10.4 Å². The van der Waals surface area contributed by atoms with E-state index in [0.29, 0.717) is 17.4 Å². The molecule has 2 heterocycles. The van der Waals surface area contributed by atoms with Gasteiger partial charge in [0.1, 0.15) is 6.54 Å². The van der Waals surface area contributed by atoms with Crippen LogP contribution in [0.15, 0.2) is 46.8 Å². The summed E-state index contributed by atoms with van der Waals surface area (Å²) in [5.41, 5.74) is 1.17. The average Bonchev–Trinajstić information content (AvgIpc) is 3.15. The third kappa shape index (κ3) is 4.15. The smallest absolute Gasteiger partial charge is 0.326 e. The fourth-order valence-corrected chi connectivity index (χ4v) is 3.08. The number of thiophene rings is 1. The van der Waals surface area contributed by atoms with E-state index >= 15 is 0 Å². The molecule has 0 aliphatic rings. The lowest BCUT2D eigenvalue weighted by molar-refractivity contribution is -0.149. The summed E-state index contributed by atoms with van der Waals surface area (Å²) in [5, 5.41) is 5.01. The van der Waals surface area contributed by atoms with E-state index in [9.17, 15) is 14.4 Å². The summed E-state index contributed by atoms with van der Waals surface area (Å²) in [6, 6.07) is 9.09. The van der Waals surface area contributed by atoms with Crippen LogP contribution in [0.3, 0.4) is 0 Å². The summed E-state index contributed by atoms with van der Waals surface area (Å²) in [4.78, 5) is 41.3. The van der Waals surface area contributed by atoms with Crippen molar-refractivity contribution in [2.75, 3.05) is 6.61 Å². The van der Waals surface area contributed by atoms with Crippen molar-refractivity contribution in [1.29, 1.82) is 0 Å². The van der Waals surface area contributed by atoms with Crippen LogP contribution in [-0.4, -0.2) is 28.0 Å². The molecule has 2 aromatic heterocycles. The maximum Gasteiger partial charge on any atom is 0.326 e. The first-order valence-corrected chi connectivity index (χ1v) is 8.82. The van der Waals surface area contributed by atoms with E-state index in [1.54, 1.807) is 12.1 Å². The van der Waals surface area contributed by atoms with E-state index < -0.39 is 11.9 Å². The number of nitrogens with zero attached hydrogens (tertiary/aromatic N) is 2. The van der Waals surface area contributed by atoms with E-state index in [1.807, 2.05) is 30.5 Å². The lowest BCUT2D eigenvalue weighted by Crippen LogP contribution is -2.30. The molecular weight excluding hydrogens is 354 g/mol. The fourth-order valence-electron chi connectivity index (χ4n) is 2.43. The number of ether oxygens (including phenoxy) is 1. The molecule has 0 bridgehead atoms. The van der Waals surface area contributed by atoms with Gasteiger partial charge in [-0.15, -0.1) is 11.3 Å². The zero-order valence-electron chi connectivity index (χ0n) is 14.1. The van der Waals surface area contributed by atoms with Gasteiger partial charge >= 0.3 is 5.97 Å². The molecule has 0 spiro atoms. The van der Waals surface area contributed by atoms with Gasteiger partial charge < -0.3 is 10.1 Å². The molecule has 0 saturated heterocycles. The van der Waals surface area contributed by atoms with E-state index in [0.717, 1.165) is 10.4 Å². The van der Waals surface area contributed by atoms with Crippen molar-refractivity contribution in [3.8, 4) is 0 Å². The Bertz CT molecular complexity index is 995.